The molecule has 2 unspecified atom stereocenters. The van der Waals surface area contributed by atoms with Crippen LogP contribution in [0.4, 0.5) is 18.0 Å². The van der Waals surface area contributed by atoms with Gasteiger partial charge < -0.3 is 29.8 Å². The SMILES string of the molecule is CC(C)C[C@H](NC(=O)c1ccc(-c2cccc(C(F)(F)F)c2)o1)C(=O)NC1CCCN(C(=O)OCc2ccccc2)CC1O. The van der Waals surface area contributed by atoms with Crippen LogP contribution in [0.1, 0.15) is 54.8 Å². The van der Waals surface area contributed by atoms with E-state index in [2.05, 4.69) is 10.6 Å². The van der Waals surface area contributed by atoms with Crippen molar-refractivity contribution in [3.05, 3.63) is 83.6 Å². The van der Waals surface area contributed by atoms with Crippen LogP contribution in [0, 0.1) is 5.92 Å². The van der Waals surface area contributed by atoms with Gasteiger partial charge in [0.2, 0.25) is 5.91 Å². The number of rotatable bonds is 9. The number of amides is 3. The molecule has 2 aromatic carbocycles. The highest BCUT2D eigenvalue weighted by atomic mass is 19.4. The zero-order valence-corrected chi connectivity index (χ0v) is 24.5. The maximum atomic E-state index is 13.3. The van der Waals surface area contributed by atoms with Crippen molar-refractivity contribution in [2.45, 2.75) is 64.1 Å². The van der Waals surface area contributed by atoms with E-state index in [0.29, 0.717) is 19.4 Å². The average Bonchev–Trinajstić information content (AvgIpc) is 3.42. The number of ether oxygens (including phenoxy) is 1. The average molecular weight is 616 g/mol. The molecule has 2 heterocycles. The summed E-state index contributed by atoms with van der Waals surface area (Å²) in [5, 5.41) is 16.3. The molecule has 9 nitrogen and oxygen atoms in total. The molecule has 0 saturated carbocycles. The van der Waals surface area contributed by atoms with E-state index in [1.54, 1.807) is 0 Å². The fourth-order valence-corrected chi connectivity index (χ4v) is 4.96. The van der Waals surface area contributed by atoms with Gasteiger partial charge in [-0.2, -0.15) is 13.2 Å². The molecule has 0 bridgehead atoms. The molecule has 44 heavy (non-hydrogen) atoms. The number of hydrogen-bond acceptors (Lipinski definition) is 6. The van der Waals surface area contributed by atoms with Crippen molar-refractivity contribution in [3.8, 4) is 11.3 Å². The first kappa shape index (κ1) is 32.6. The molecule has 1 aromatic heterocycles. The van der Waals surface area contributed by atoms with Crippen LogP contribution in [-0.2, 0) is 22.3 Å². The van der Waals surface area contributed by atoms with Gasteiger partial charge in [0, 0.05) is 12.1 Å². The summed E-state index contributed by atoms with van der Waals surface area (Å²) in [6.45, 7) is 4.16. The van der Waals surface area contributed by atoms with E-state index in [1.807, 2.05) is 44.2 Å². The maximum Gasteiger partial charge on any atom is 0.416 e. The van der Waals surface area contributed by atoms with Gasteiger partial charge in [-0.1, -0.05) is 56.3 Å². The molecular weight excluding hydrogens is 579 g/mol. The molecular formula is C32H36F3N3O6. The molecule has 1 aliphatic rings. The zero-order valence-electron chi connectivity index (χ0n) is 24.5. The lowest BCUT2D eigenvalue weighted by molar-refractivity contribution is -0.137. The van der Waals surface area contributed by atoms with Gasteiger partial charge in [-0.15, -0.1) is 0 Å². The molecule has 0 radical (unpaired) electrons. The number of nitrogens with one attached hydrogen (secondary N) is 2. The number of benzene rings is 2. The van der Waals surface area contributed by atoms with Gasteiger partial charge in [0.05, 0.1) is 24.3 Å². The molecule has 0 spiro atoms. The third-order valence-corrected chi connectivity index (χ3v) is 7.24. The van der Waals surface area contributed by atoms with E-state index in [9.17, 15) is 32.7 Å². The number of aliphatic hydroxyl groups excluding tert-OH is 1. The molecule has 3 N–H and O–H groups in total. The molecule has 1 aliphatic heterocycles. The quantitative estimate of drug-likeness (QED) is 0.297. The third kappa shape index (κ3) is 8.85. The number of β-amino-alcohol motifs (C(OH)–C–C–N with tert-alkyl or cyclic N) is 1. The van der Waals surface area contributed by atoms with E-state index in [0.717, 1.165) is 17.7 Å². The lowest BCUT2D eigenvalue weighted by Crippen LogP contribution is -2.54. The summed E-state index contributed by atoms with van der Waals surface area (Å²) in [5.41, 5.74) is 0.135. The van der Waals surface area contributed by atoms with Crippen LogP contribution < -0.4 is 10.6 Å². The van der Waals surface area contributed by atoms with Gasteiger partial charge in [-0.25, -0.2) is 4.79 Å². The predicted molar refractivity (Wildman–Crippen MR) is 155 cm³/mol. The molecule has 4 rings (SSSR count). The Balaban J connectivity index is 1.36. The lowest BCUT2D eigenvalue weighted by Gasteiger charge is -2.27. The molecule has 12 heteroatoms. The van der Waals surface area contributed by atoms with Crippen molar-refractivity contribution >= 4 is 17.9 Å². The summed E-state index contributed by atoms with van der Waals surface area (Å²) in [6.07, 6.45) is -4.98. The van der Waals surface area contributed by atoms with Gasteiger partial charge in [0.15, 0.2) is 5.76 Å². The number of nitrogens with zero attached hydrogens (tertiary/aromatic N) is 1. The Morgan fingerprint density at radius 3 is 2.52 bits per heavy atom. The number of hydrogen-bond donors (Lipinski definition) is 3. The van der Waals surface area contributed by atoms with Gasteiger partial charge in [-0.05, 0) is 55.0 Å². The molecule has 3 atom stereocenters. The largest absolute Gasteiger partial charge is 0.451 e. The minimum absolute atomic E-state index is 0.0113. The number of carbonyl (C=O) groups is 3. The Morgan fingerprint density at radius 1 is 1.07 bits per heavy atom. The van der Waals surface area contributed by atoms with E-state index in [-0.39, 0.29) is 42.6 Å². The first-order chi connectivity index (χ1) is 20.9. The highest BCUT2D eigenvalue weighted by Crippen LogP contribution is 2.32. The van der Waals surface area contributed by atoms with Crippen molar-refractivity contribution in [2.24, 2.45) is 5.92 Å². The molecule has 236 valence electrons. The highest BCUT2D eigenvalue weighted by molar-refractivity contribution is 5.96. The van der Waals surface area contributed by atoms with Crippen LogP contribution in [0.25, 0.3) is 11.3 Å². The number of halogens is 3. The summed E-state index contributed by atoms with van der Waals surface area (Å²) < 4.78 is 50.3. The minimum Gasteiger partial charge on any atom is -0.451 e. The third-order valence-electron chi connectivity index (χ3n) is 7.24. The van der Waals surface area contributed by atoms with Crippen LogP contribution in [0.15, 0.2) is 71.1 Å². The van der Waals surface area contributed by atoms with Crippen molar-refractivity contribution in [2.75, 3.05) is 13.1 Å². The number of likely N-dealkylation sites (tertiary alicyclic amines) is 1. The summed E-state index contributed by atoms with van der Waals surface area (Å²) in [4.78, 5) is 40.4. The second-order valence-electron chi connectivity index (χ2n) is 11.2. The molecule has 0 aliphatic carbocycles. The van der Waals surface area contributed by atoms with Crippen LogP contribution in [0.2, 0.25) is 0 Å². The second kappa shape index (κ2) is 14.4. The summed E-state index contributed by atoms with van der Waals surface area (Å²) in [5.74, 6) is -1.31. The van der Waals surface area contributed by atoms with E-state index in [4.69, 9.17) is 9.15 Å². The molecule has 1 saturated heterocycles. The van der Waals surface area contributed by atoms with E-state index < -0.39 is 47.8 Å². The van der Waals surface area contributed by atoms with Crippen LogP contribution in [0.3, 0.4) is 0 Å². The molecule has 1 fully saturated rings. The number of carbonyl (C=O) groups excluding carboxylic acids is 3. The Morgan fingerprint density at radius 2 is 1.82 bits per heavy atom. The van der Waals surface area contributed by atoms with Crippen LogP contribution in [0.5, 0.6) is 0 Å². The van der Waals surface area contributed by atoms with Crippen molar-refractivity contribution in [3.63, 3.8) is 0 Å². The fourth-order valence-electron chi connectivity index (χ4n) is 4.96. The number of aliphatic hydroxyl groups is 1. The standard InChI is InChI=1S/C32H36F3N3O6/c1-20(2)16-25(37-30(41)28-14-13-27(44-28)22-10-6-11-23(17-22)32(33,34)35)29(40)36-24-12-7-15-38(18-26(24)39)31(42)43-19-21-8-4-3-5-9-21/h3-6,8-11,13-14,17,20,24-26,39H,7,12,15-16,18-19H2,1-2H3,(H,36,40)(H,37,41)/t24?,25-,26?/m0/s1. The Hall–Kier alpha value is -4.32. The van der Waals surface area contributed by atoms with E-state index >= 15 is 0 Å². The van der Waals surface area contributed by atoms with Crippen LogP contribution in [-0.4, -0.2) is 59.2 Å². The van der Waals surface area contributed by atoms with Gasteiger partial charge in [0.1, 0.15) is 18.4 Å². The Labute approximate surface area is 253 Å². The first-order valence-corrected chi connectivity index (χ1v) is 14.4. The topological polar surface area (TPSA) is 121 Å². The van der Waals surface area contributed by atoms with Crippen LogP contribution >= 0.6 is 0 Å². The lowest BCUT2D eigenvalue weighted by atomic mass is 10.0. The van der Waals surface area contributed by atoms with Crippen molar-refractivity contribution < 1.29 is 41.8 Å². The van der Waals surface area contributed by atoms with E-state index in [1.165, 1.54) is 29.2 Å². The normalized spacial score (nSPS) is 17.9. The number of alkyl halides is 3. The first-order valence-electron chi connectivity index (χ1n) is 14.4. The predicted octanol–water partition coefficient (Wildman–Crippen LogP) is 5.39. The van der Waals surface area contributed by atoms with Gasteiger partial charge >= 0.3 is 12.3 Å². The summed E-state index contributed by atoms with van der Waals surface area (Å²) >= 11 is 0. The molecule has 3 aromatic rings. The maximum absolute atomic E-state index is 13.3. The minimum atomic E-state index is -4.53. The van der Waals surface area contributed by atoms with Gasteiger partial charge in [0.25, 0.3) is 5.91 Å². The monoisotopic (exact) mass is 615 g/mol. The zero-order chi connectivity index (χ0) is 31.9. The Bertz CT molecular complexity index is 1430. The highest BCUT2D eigenvalue weighted by Gasteiger charge is 2.33. The fraction of sp³-hybridized carbons (Fsp3) is 0.406. The summed E-state index contributed by atoms with van der Waals surface area (Å²) in [6, 6.07) is 14.8. The number of furan rings is 1. The Kier molecular flexibility index (Phi) is 10.7. The second-order valence-corrected chi connectivity index (χ2v) is 11.2. The summed E-state index contributed by atoms with van der Waals surface area (Å²) in [7, 11) is 0. The van der Waals surface area contributed by atoms with Crippen molar-refractivity contribution in [1.29, 1.82) is 0 Å². The molecule has 3 amide bonds. The van der Waals surface area contributed by atoms with Gasteiger partial charge in [-0.3, -0.25) is 9.59 Å². The van der Waals surface area contributed by atoms with Crippen molar-refractivity contribution in [1.82, 2.24) is 15.5 Å². The smallest absolute Gasteiger partial charge is 0.416 e.